The van der Waals surface area contributed by atoms with Crippen molar-refractivity contribution in [3.63, 3.8) is 0 Å². The Morgan fingerprint density at radius 3 is 2.36 bits per heavy atom. The van der Waals surface area contributed by atoms with Gasteiger partial charge in [-0.05, 0) is 25.1 Å². The topological polar surface area (TPSA) is 44.2 Å². The summed E-state index contributed by atoms with van der Waals surface area (Å²) in [6, 6.07) is 7.56. The molecule has 0 N–H and O–H groups in total. The number of nitrogens with zero attached hydrogens (tertiary/aromatic N) is 2. The van der Waals surface area contributed by atoms with Crippen LogP contribution in [-0.2, 0) is 0 Å². The second-order valence-corrected chi connectivity index (χ2v) is 5.31. The van der Waals surface area contributed by atoms with Crippen molar-refractivity contribution >= 4 is 22.4 Å². The number of aromatic nitrogens is 2. The van der Waals surface area contributed by atoms with Gasteiger partial charge in [0.15, 0.2) is 0 Å². The summed E-state index contributed by atoms with van der Waals surface area (Å²) in [4.78, 5) is 8.83. The molecular formula is C17H15ClN2O2. The van der Waals surface area contributed by atoms with Crippen LogP contribution in [0.2, 0.25) is 5.02 Å². The Bertz CT molecular complexity index is 849. The SMILES string of the molecule is COc1cc(OC)c(Cl)c(-c2cc3cnc(C)cc3cn2)c1. The highest BCUT2D eigenvalue weighted by atomic mass is 35.5. The lowest BCUT2D eigenvalue weighted by atomic mass is 10.1. The van der Waals surface area contributed by atoms with E-state index in [1.807, 2.05) is 37.5 Å². The second-order valence-electron chi connectivity index (χ2n) is 4.93. The van der Waals surface area contributed by atoms with Crippen molar-refractivity contribution in [3.8, 4) is 22.8 Å². The molecule has 0 atom stereocenters. The number of aryl methyl sites for hydroxylation is 1. The number of hydrogen-bond acceptors (Lipinski definition) is 4. The Hall–Kier alpha value is -2.33. The van der Waals surface area contributed by atoms with Crippen LogP contribution in [0.15, 0.2) is 36.7 Å². The van der Waals surface area contributed by atoms with Crippen molar-refractivity contribution < 1.29 is 9.47 Å². The summed E-state index contributed by atoms with van der Waals surface area (Å²) < 4.78 is 10.6. The predicted octanol–water partition coefficient (Wildman–Crippen LogP) is 4.28. The van der Waals surface area contributed by atoms with Crippen LogP contribution >= 0.6 is 11.6 Å². The summed E-state index contributed by atoms with van der Waals surface area (Å²) in [6.07, 6.45) is 3.66. The number of fused-ring (bicyclic) bond motifs is 1. The largest absolute Gasteiger partial charge is 0.497 e. The normalized spacial score (nSPS) is 10.7. The quantitative estimate of drug-likeness (QED) is 0.724. The fourth-order valence-electron chi connectivity index (χ4n) is 2.32. The summed E-state index contributed by atoms with van der Waals surface area (Å²) in [6.45, 7) is 1.96. The molecule has 0 spiro atoms. The molecular weight excluding hydrogens is 300 g/mol. The lowest BCUT2D eigenvalue weighted by molar-refractivity contribution is 0.395. The molecule has 0 unspecified atom stereocenters. The van der Waals surface area contributed by atoms with Gasteiger partial charge < -0.3 is 9.47 Å². The summed E-state index contributed by atoms with van der Waals surface area (Å²) >= 11 is 6.41. The van der Waals surface area contributed by atoms with Gasteiger partial charge in [-0.2, -0.15) is 0 Å². The first-order chi connectivity index (χ1) is 10.6. The lowest BCUT2D eigenvalue weighted by Crippen LogP contribution is -1.93. The van der Waals surface area contributed by atoms with E-state index in [9.17, 15) is 0 Å². The van der Waals surface area contributed by atoms with E-state index in [1.165, 1.54) is 0 Å². The van der Waals surface area contributed by atoms with Crippen molar-refractivity contribution in [2.24, 2.45) is 0 Å². The standard InChI is InChI=1S/C17H15ClN2O2/c1-10-4-11-9-20-15(5-12(11)8-19-10)14-6-13(21-2)7-16(22-3)17(14)18/h4-9H,1-3H3. The molecule has 0 radical (unpaired) electrons. The summed E-state index contributed by atoms with van der Waals surface area (Å²) in [7, 11) is 3.18. The number of methoxy groups -OCH3 is 2. The second kappa shape index (κ2) is 5.81. The Morgan fingerprint density at radius 1 is 0.909 bits per heavy atom. The van der Waals surface area contributed by atoms with Crippen LogP contribution in [0.5, 0.6) is 11.5 Å². The van der Waals surface area contributed by atoms with Gasteiger partial charge in [-0.25, -0.2) is 0 Å². The smallest absolute Gasteiger partial charge is 0.141 e. The van der Waals surface area contributed by atoms with E-state index in [0.717, 1.165) is 27.7 Å². The van der Waals surface area contributed by atoms with E-state index in [4.69, 9.17) is 21.1 Å². The van der Waals surface area contributed by atoms with Crippen LogP contribution in [0.4, 0.5) is 0 Å². The number of hydrogen-bond donors (Lipinski definition) is 0. The average molecular weight is 315 g/mol. The number of halogens is 1. The van der Waals surface area contributed by atoms with Gasteiger partial charge in [0.2, 0.25) is 0 Å². The molecule has 2 aromatic heterocycles. The van der Waals surface area contributed by atoms with Gasteiger partial charge in [-0.3, -0.25) is 9.97 Å². The van der Waals surface area contributed by atoms with Crippen molar-refractivity contribution in [2.75, 3.05) is 14.2 Å². The minimum atomic E-state index is 0.509. The van der Waals surface area contributed by atoms with E-state index in [1.54, 1.807) is 20.3 Å². The average Bonchev–Trinajstić information content (AvgIpc) is 2.54. The molecule has 4 nitrogen and oxygen atoms in total. The van der Waals surface area contributed by atoms with Gasteiger partial charge >= 0.3 is 0 Å². The van der Waals surface area contributed by atoms with Gasteiger partial charge in [0.25, 0.3) is 0 Å². The molecule has 0 saturated carbocycles. The van der Waals surface area contributed by atoms with Crippen molar-refractivity contribution in [2.45, 2.75) is 6.92 Å². The fraction of sp³-hybridized carbons (Fsp3) is 0.176. The monoisotopic (exact) mass is 314 g/mol. The van der Waals surface area contributed by atoms with Crippen molar-refractivity contribution in [1.82, 2.24) is 9.97 Å². The molecule has 0 saturated heterocycles. The molecule has 2 heterocycles. The molecule has 0 fully saturated rings. The van der Waals surface area contributed by atoms with Gasteiger partial charge in [0.05, 0.1) is 24.9 Å². The zero-order valence-electron chi connectivity index (χ0n) is 12.6. The van der Waals surface area contributed by atoms with Gasteiger partial charge in [0.1, 0.15) is 11.5 Å². The summed E-state index contributed by atoms with van der Waals surface area (Å²) in [5, 5.41) is 2.56. The molecule has 1 aromatic carbocycles. The summed E-state index contributed by atoms with van der Waals surface area (Å²) in [5.74, 6) is 1.22. The minimum Gasteiger partial charge on any atom is -0.497 e. The maximum absolute atomic E-state index is 6.41. The van der Waals surface area contributed by atoms with Crippen LogP contribution in [0, 0.1) is 6.92 Å². The van der Waals surface area contributed by atoms with E-state index < -0.39 is 0 Å². The van der Waals surface area contributed by atoms with Gasteiger partial charge in [0, 0.05) is 40.5 Å². The summed E-state index contributed by atoms with van der Waals surface area (Å²) in [5.41, 5.74) is 2.48. The van der Waals surface area contributed by atoms with Gasteiger partial charge in [-0.15, -0.1) is 0 Å². The van der Waals surface area contributed by atoms with Crippen LogP contribution in [0.1, 0.15) is 5.69 Å². The van der Waals surface area contributed by atoms with Crippen LogP contribution in [0.3, 0.4) is 0 Å². The zero-order valence-corrected chi connectivity index (χ0v) is 13.3. The molecule has 5 heteroatoms. The third-order valence-corrected chi connectivity index (χ3v) is 3.87. The first-order valence-corrected chi connectivity index (χ1v) is 7.14. The van der Waals surface area contributed by atoms with E-state index in [2.05, 4.69) is 9.97 Å². The molecule has 3 rings (SSSR count). The molecule has 0 aliphatic carbocycles. The predicted molar refractivity (Wildman–Crippen MR) is 87.8 cm³/mol. The van der Waals surface area contributed by atoms with Crippen LogP contribution in [0.25, 0.3) is 22.0 Å². The van der Waals surface area contributed by atoms with Crippen LogP contribution in [-0.4, -0.2) is 24.2 Å². The van der Waals surface area contributed by atoms with Crippen molar-refractivity contribution in [1.29, 1.82) is 0 Å². The highest BCUT2D eigenvalue weighted by molar-refractivity contribution is 6.34. The Morgan fingerprint density at radius 2 is 1.64 bits per heavy atom. The first-order valence-electron chi connectivity index (χ1n) is 6.76. The number of ether oxygens (including phenoxy) is 2. The number of rotatable bonds is 3. The lowest BCUT2D eigenvalue weighted by Gasteiger charge is -2.12. The molecule has 0 bridgehead atoms. The molecule has 22 heavy (non-hydrogen) atoms. The number of pyridine rings is 2. The highest BCUT2D eigenvalue weighted by Gasteiger charge is 2.13. The Labute approximate surface area is 133 Å². The maximum Gasteiger partial charge on any atom is 0.141 e. The third kappa shape index (κ3) is 2.57. The highest BCUT2D eigenvalue weighted by Crippen LogP contribution is 2.38. The first kappa shape index (κ1) is 14.6. The number of benzene rings is 1. The Balaban J connectivity index is 2.20. The van der Waals surface area contributed by atoms with Gasteiger partial charge in [-0.1, -0.05) is 11.6 Å². The molecule has 0 aliphatic rings. The van der Waals surface area contributed by atoms with E-state index in [0.29, 0.717) is 16.5 Å². The maximum atomic E-state index is 6.41. The fourth-order valence-corrected chi connectivity index (χ4v) is 2.60. The molecule has 3 aromatic rings. The third-order valence-electron chi connectivity index (χ3n) is 3.48. The van der Waals surface area contributed by atoms with E-state index >= 15 is 0 Å². The molecule has 0 amide bonds. The molecule has 0 aliphatic heterocycles. The zero-order chi connectivity index (χ0) is 15.7. The van der Waals surface area contributed by atoms with E-state index in [-0.39, 0.29) is 0 Å². The Kier molecular flexibility index (Phi) is 3.86. The minimum absolute atomic E-state index is 0.509. The van der Waals surface area contributed by atoms with Crippen LogP contribution < -0.4 is 9.47 Å². The van der Waals surface area contributed by atoms with Crippen molar-refractivity contribution in [3.05, 3.63) is 47.4 Å². The molecule has 112 valence electrons.